The molecule has 0 aliphatic heterocycles. The SMILES string of the molecule is CCCCCCCCSCCc1cc(OP(O)O)c(C(C)(C)C)c(CCSCCCCCCCC)c1C. The number of aryl methyl sites for hydroxylation is 1. The van der Waals surface area contributed by atoms with Crippen molar-refractivity contribution in [1.29, 1.82) is 0 Å². The van der Waals surface area contributed by atoms with E-state index < -0.39 is 8.60 Å². The van der Waals surface area contributed by atoms with Crippen molar-refractivity contribution in [3.8, 4) is 5.75 Å². The average Bonchev–Trinajstić information content (AvgIpc) is 2.83. The second-order valence-electron chi connectivity index (χ2n) is 11.4. The maximum atomic E-state index is 9.74. The molecule has 1 aromatic rings. The Labute approximate surface area is 239 Å². The Morgan fingerprint density at radius 2 is 1.22 bits per heavy atom. The van der Waals surface area contributed by atoms with E-state index in [1.807, 2.05) is 0 Å². The lowest BCUT2D eigenvalue weighted by molar-refractivity contribution is 0.369. The Kier molecular flexibility index (Phi) is 19.8. The first-order valence-corrected chi connectivity index (χ1v) is 18.4. The van der Waals surface area contributed by atoms with Crippen LogP contribution in [0.5, 0.6) is 5.75 Å². The van der Waals surface area contributed by atoms with E-state index in [9.17, 15) is 9.79 Å². The minimum atomic E-state index is -2.44. The fraction of sp³-hybridized carbons (Fsp3) is 0.806. The van der Waals surface area contributed by atoms with Gasteiger partial charge in [-0.1, -0.05) is 98.8 Å². The van der Waals surface area contributed by atoms with E-state index in [0.717, 1.165) is 29.9 Å². The van der Waals surface area contributed by atoms with E-state index in [1.54, 1.807) is 0 Å². The number of thioether (sulfide) groups is 2. The van der Waals surface area contributed by atoms with Crippen LogP contribution in [-0.2, 0) is 18.3 Å². The van der Waals surface area contributed by atoms with Crippen LogP contribution in [0.15, 0.2) is 6.07 Å². The van der Waals surface area contributed by atoms with Crippen molar-refractivity contribution in [3.05, 3.63) is 28.3 Å². The molecular weight excluding hydrogens is 515 g/mol. The van der Waals surface area contributed by atoms with Gasteiger partial charge in [-0.3, -0.25) is 0 Å². The molecule has 0 unspecified atom stereocenters. The lowest BCUT2D eigenvalue weighted by atomic mass is 9.79. The normalized spacial score (nSPS) is 12.0. The Morgan fingerprint density at radius 3 is 1.70 bits per heavy atom. The first kappa shape index (κ1) is 35.1. The molecule has 0 heterocycles. The second-order valence-corrected chi connectivity index (χ2v) is 14.5. The molecule has 0 radical (unpaired) electrons. The Morgan fingerprint density at radius 1 is 0.730 bits per heavy atom. The Hall–Kier alpha value is 0.0700. The zero-order chi connectivity index (χ0) is 27.5. The summed E-state index contributed by atoms with van der Waals surface area (Å²) in [4.78, 5) is 19.5. The molecule has 6 heteroatoms. The Balaban J connectivity index is 2.79. The van der Waals surface area contributed by atoms with Gasteiger partial charge >= 0.3 is 8.60 Å². The lowest BCUT2D eigenvalue weighted by Gasteiger charge is -2.29. The molecule has 0 aliphatic carbocycles. The molecule has 0 saturated carbocycles. The van der Waals surface area contributed by atoms with Gasteiger partial charge in [-0.25, -0.2) is 0 Å². The van der Waals surface area contributed by atoms with Gasteiger partial charge in [-0.15, -0.1) is 0 Å². The summed E-state index contributed by atoms with van der Waals surface area (Å²) < 4.78 is 5.65. The predicted octanol–water partition coefficient (Wildman–Crippen LogP) is 10.2. The molecule has 0 amide bonds. The van der Waals surface area contributed by atoms with Crippen LogP contribution in [0.4, 0.5) is 0 Å². The first-order chi connectivity index (χ1) is 17.7. The average molecular weight is 573 g/mol. The van der Waals surface area contributed by atoms with Crippen molar-refractivity contribution < 1.29 is 14.3 Å². The molecule has 0 spiro atoms. The topological polar surface area (TPSA) is 49.7 Å². The third-order valence-corrected chi connectivity index (χ3v) is 9.51. The van der Waals surface area contributed by atoms with Gasteiger partial charge in [0.05, 0.1) is 0 Å². The van der Waals surface area contributed by atoms with E-state index in [-0.39, 0.29) is 5.41 Å². The summed E-state index contributed by atoms with van der Waals surface area (Å²) in [6.45, 7) is 13.4. The van der Waals surface area contributed by atoms with Crippen LogP contribution in [0.25, 0.3) is 0 Å². The molecule has 0 fully saturated rings. The number of benzene rings is 1. The highest BCUT2D eigenvalue weighted by molar-refractivity contribution is 7.99. The van der Waals surface area contributed by atoms with Crippen molar-refractivity contribution in [2.75, 3.05) is 23.0 Å². The van der Waals surface area contributed by atoms with E-state index >= 15 is 0 Å². The zero-order valence-corrected chi connectivity index (χ0v) is 27.4. The van der Waals surface area contributed by atoms with Crippen molar-refractivity contribution in [3.63, 3.8) is 0 Å². The monoisotopic (exact) mass is 572 g/mol. The molecule has 37 heavy (non-hydrogen) atoms. The number of unbranched alkanes of at least 4 members (excludes halogenated alkanes) is 10. The van der Waals surface area contributed by atoms with Crippen LogP contribution < -0.4 is 4.52 Å². The van der Waals surface area contributed by atoms with Crippen molar-refractivity contribution >= 4 is 32.1 Å². The summed E-state index contributed by atoms with van der Waals surface area (Å²) >= 11 is 4.11. The second kappa shape index (κ2) is 20.9. The lowest BCUT2D eigenvalue weighted by Crippen LogP contribution is -2.18. The summed E-state index contributed by atoms with van der Waals surface area (Å²) in [7, 11) is -2.44. The van der Waals surface area contributed by atoms with Crippen LogP contribution in [0.1, 0.15) is 134 Å². The molecule has 2 N–H and O–H groups in total. The number of hydrogen-bond donors (Lipinski definition) is 2. The molecule has 3 nitrogen and oxygen atoms in total. The van der Waals surface area contributed by atoms with Crippen molar-refractivity contribution in [2.45, 2.75) is 137 Å². The quantitative estimate of drug-likeness (QED) is 0.107. The van der Waals surface area contributed by atoms with Crippen LogP contribution in [0.2, 0.25) is 0 Å². The van der Waals surface area contributed by atoms with Gasteiger partial charge in [-0.2, -0.15) is 23.5 Å². The molecule has 1 rings (SSSR count). The van der Waals surface area contributed by atoms with Gasteiger partial charge in [0.25, 0.3) is 0 Å². The Bertz CT molecular complexity index is 719. The molecule has 216 valence electrons. The first-order valence-electron chi connectivity index (χ1n) is 14.9. The summed E-state index contributed by atoms with van der Waals surface area (Å²) in [5.74, 6) is 5.33. The van der Waals surface area contributed by atoms with E-state index in [1.165, 1.54) is 105 Å². The molecule has 0 atom stereocenters. The summed E-state index contributed by atoms with van der Waals surface area (Å²) in [6.07, 6.45) is 18.2. The smallest absolute Gasteiger partial charge is 0.391 e. The predicted molar refractivity (Wildman–Crippen MR) is 171 cm³/mol. The van der Waals surface area contributed by atoms with Crippen molar-refractivity contribution in [1.82, 2.24) is 0 Å². The largest absolute Gasteiger partial charge is 0.427 e. The van der Waals surface area contributed by atoms with Crippen LogP contribution >= 0.6 is 32.1 Å². The van der Waals surface area contributed by atoms with Crippen molar-refractivity contribution in [2.24, 2.45) is 0 Å². The minimum absolute atomic E-state index is 0.129. The zero-order valence-electron chi connectivity index (χ0n) is 24.9. The third kappa shape index (κ3) is 15.4. The van der Waals surface area contributed by atoms with Gasteiger partial charge in [0.2, 0.25) is 0 Å². The highest BCUT2D eigenvalue weighted by atomic mass is 32.2. The number of hydrogen-bond acceptors (Lipinski definition) is 5. The molecule has 1 aromatic carbocycles. The van der Waals surface area contributed by atoms with Gasteiger partial charge < -0.3 is 14.3 Å². The summed E-state index contributed by atoms with van der Waals surface area (Å²) in [5, 5.41) is 0. The molecule has 0 aliphatic rings. The molecule has 0 aromatic heterocycles. The summed E-state index contributed by atoms with van der Waals surface area (Å²) in [5.41, 5.74) is 5.04. The fourth-order valence-corrected chi connectivity index (χ4v) is 7.21. The van der Waals surface area contributed by atoms with Crippen LogP contribution in [0, 0.1) is 6.92 Å². The van der Waals surface area contributed by atoms with Gasteiger partial charge in [-0.05, 0) is 83.8 Å². The molecule has 0 bridgehead atoms. The third-order valence-electron chi connectivity index (χ3n) is 7.01. The van der Waals surface area contributed by atoms with Crippen LogP contribution in [-0.4, -0.2) is 32.8 Å². The van der Waals surface area contributed by atoms with Crippen LogP contribution in [0.3, 0.4) is 0 Å². The van der Waals surface area contributed by atoms with Gasteiger partial charge in [0.1, 0.15) is 5.75 Å². The number of rotatable bonds is 22. The minimum Gasteiger partial charge on any atom is -0.427 e. The highest BCUT2D eigenvalue weighted by Crippen LogP contribution is 2.42. The standard InChI is InChI=1S/C31H57O3PS2/c1-7-9-11-13-15-17-21-36-23-19-27-25-29(34-35(32)33)30(31(4,5)6)28(26(27)3)20-24-37-22-18-16-14-12-10-8-2/h25,32-33H,7-24H2,1-6H3. The fourth-order valence-electron chi connectivity index (χ4n) is 4.95. The van der Waals surface area contributed by atoms with E-state index in [0.29, 0.717) is 5.75 Å². The molecule has 0 saturated heterocycles. The van der Waals surface area contributed by atoms with E-state index in [4.69, 9.17) is 4.52 Å². The summed E-state index contributed by atoms with van der Waals surface area (Å²) in [6, 6.07) is 2.09. The van der Waals surface area contributed by atoms with Gasteiger partial charge in [0, 0.05) is 5.56 Å². The maximum absolute atomic E-state index is 9.74. The highest BCUT2D eigenvalue weighted by Gasteiger charge is 2.27. The molecular formula is C31H57O3PS2. The van der Waals surface area contributed by atoms with Gasteiger partial charge in [0.15, 0.2) is 0 Å². The maximum Gasteiger partial charge on any atom is 0.391 e. The van der Waals surface area contributed by atoms with E-state index in [2.05, 4.69) is 71.1 Å².